The molecule has 0 spiro atoms. The van der Waals surface area contributed by atoms with Gasteiger partial charge in [-0.15, -0.1) is 0 Å². The molecule has 0 bridgehead atoms. The summed E-state index contributed by atoms with van der Waals surface area (Å²) in [7, 11) is 0. The second kappa shape index (κ2) is 2.85. The molecular formula is C8H7F3N2O2. The molecule has 1 aliphatic heterocycles. The van der Waals surface area contributed by atoms with Crippen LogP contribution in [-0.4, -0.2) is 30.8 Å². The van der Waals surface area contributed by atoms with Gasteiger partial charge in [0.2, 0.25) is 0 Å². The lowest BCUT2D eigenvalue weighted by molar-refractivity contribution is -0.207. The number of carbonyl (C=O) groups excluding carboxylic acids is 1. The first-order valence-corrected chi connectivity index (χ1v) is 4.32. The number of esters is 1. The van der Waals surface area contributed by atoms with E-state index >= 15 is 0 Å². The zero-order valence-electron chi connectivity index (χ0n) is 7.47. The van der Waals surface area contributed by atoms with Gasteiger partial charge >= 0.3 is 12.1 Å². The van der Waals surface area contributed by atoms with Crippen LogP contribution in [0.1, 0.15) is 0 Å². The van der Waals surface area contributed by atoms with Gasteiger partial charge in [0, 0.05) is 19.0 Å². The molecule has 2 rings (SSSR count). The minimum atomic E-state index is -5.00. The molecule has 0 aromatic rings. The molecule has 1 heterocycles. The molecule has 0 aromatic carbocycles. The monoisotopic (exact) mass is 220 g/mol. The van der Waals surface area contributed by atoms with E-state index in [1.807, 2.05) is 6.07 Å². The number of nitrogens with one attached hydrogen (secondary N) is 1. The Morgan fingerprint density at radius 1 is 1.60 bits per heavy atom. The van der Waals surface area contributed by atoms with Gasteiger partial charge in [0.15, 0.2) is 0 Å². The first-order chi connectivity index (χ1) is 6.92. The average molecular weight is 220 g/mol. The lowest BCUT2D eigenvalue weighted by Crippen LogP contribution is -2.36. The van der Waals surface area contributed by atoms with Crippen molar-refractivity contribution in [2.24, 2.45) is 11.8 Å². The molecule has 82 valence electrons. The minimum absolute atomic E-state index is 0.123. The molecule has 1 saturated carbocycles. The topological polar surface area (TPSA) is 62.1 Å². The van der Waals surface area contributed by atoms with Crippen molar-refractivity contribution in [2.45, 2.75) is 11.8 Å². The Morgan fingerprint density at radius 3 is 2.73 bits per heavy atom. The lowest BCUT2D eigenvalue weighted by Gasteiger charge is -2.15. The van der Waals surface area contributed by atoms with E-state index in [-0.39, 0.29) is 12.5 Å². The Labute approximate surface area is 83.0 Å². The number of fused-ring (bicyclic) bond motifs is 1. The van der Waals surface area contributed by atoms with Gasteiger partial charge in [-0.3, -0.25) is 0 Å². The predicted molar refractivity (Wildman–Crippen MR) is 40.3 cm³/mol. The zero-order chi connectivity index (χ0) is 11.3. The van der Waals surface area contributed by atoms with E-state index in [1.54, 1.807) is 0 Å². The van der Waals surface area contributed by atoms with E-state index in [1.165, 1.54) is 0 Å². The maximum absolute atomic E-state index is 11.9. The highest BCUT2D eigenvalue weighted by atomic mass is 19.4. The van der Waals surface area contributed by atoms with E-state index in [9.17, 15) is 18.0 Å². The highest BCUT2D eigenvalue weighted by Gasteiger charge is 2.72. The SMILES string of the molecule is N#CC1C2CNCC12OC(=O)C(F)(F)F. The molecule has 3 atom stereocenters. The van der Waals surface area contributed by atoms with Crippen molar-refractivity contribution in [1.29, 1.82) is 5.26 Å². The summed E-state index contributed by atoms with van der Waals surface area (Å²) in [5, 5.41) is 11.4. The van der Waals surface area contributed by atoms with Crippen molar-refractivity contribution in [3.05, 3.63) is 0 Å². The summed E-state index contributed by atoms with van der Waals surface area (Å²) in [5.74, 6) is -3.12. The largest absolute Gasteiger partial charge is 0.490 e. The number of ether oxygens (including phenoxy) is 1. The van der Waals surface area contributed by atoms with E-state index in [0.29, 0.717) is 6.54 Å². The van der Waals surface area contributed by atoms with Gasteiger partial charge in [0.1, 0.15) is 5.60 Å². The van der Waals surface area contributed by atoms with Crippen LogP contribution in [0.25, 0.3) is 0 Å². The van der Waals surface area contributed by atoms with Crippen molar-refractivity contribution in [3.63, 3.8) is 0 Å². The van der Waals surface area contributed by atoms with Crippen LogP contribution in [-0.2, 0) is 9.53 Å². The first-order valence-electron chi connectivity index (χ1n) is 4.32. The molecule has 1 N–H and O–H groups in total. The van der Waals surface area contributed by atoms with Gasteiger partial charge < -0.3 is 10.1 Å². The highest BCUT2D eigenvalue weighted by molar-refractivity contribution is 5.76. The molecule has 4 nitrogen and oxygen atoms in total. The van der Waals surface area contributed by atoms with Crippen LogP contribution < -0.4 is 5.32 Å². The fourth-order valence-electron chi connectivity index (χ4n) is 2.05. The first kappa shape index (κ1) is 10.2. The van der Waals surface area contributed by atoms with Gasteiger partial charge in [-0.25, -0.2) is 4.79 Å². The van der Waals surface area contributed by atoms with Gasteiger partial charge in [-0.2, -0.15) is 18.4 Å². The van der Waals surface area contributed by atoms with Crippen LogP contribution in [0.3, 0.4) is 0 Å². The van der Waals surface area contributed by atoms with Crippen LogP contribution in [0.2, 0.25) is 0 Å². The number of halogens is 3. The fourth-order valence-corrected chi connectivity index (χ4v) is 2.05. The van der Waals surface area contributed by atoms with Crippen molar-refractivity contribution in [2.75, 3.05) is 13.1 Å². The Morgan fingerprint density at radius 2 is 2.27 bits per heavy atom. The molecule has 1 aliphatic carbocycles. The molecule has 2 fully saturated rings. The third-order valence-electron chi connectivity index (χ3n) is 2.87. The quantitative estimate of drug-likeness (QED) is 0.641. The Kier molecular flexibility index (Phi) is 1.95. The summed E-state index contributed by atoms with van der Waals surface area (Å²) < 4.78 is 40.2. The van der Waals surface area contributed by atoms with Crippen molar-refractivity contribution >= 4 is 5.97 Å². The normalized spacial score (nSPS) is 38.0. The van der Waals surface area contributed by atoms with Crippen LogP contribution in [0, 0.1) is 23.2 Å². The molecule has 0 amide bonds. The summed E-state index contributed by atoms with van der Waals surface area (Å²) in [4.78, 5) is 10.6. The molecular weight excluding hydrogens is 213 g/mol. The predicted octanol–water partition coefficient (Wildman–Crippen LogP) is 0.203. The van der Waals surface area contributed by atoms with E-state index in [2.05, 4.69) is 10.1 Å². The molecule has 3 unspecified atom stereocenters. The highest BCUT2D eigenvalue weighted by Crippen LogP contribution is 2.55. The van der Waals surface area contributed by atoms with E-state index < -0.39 is 23.7 Å². The van der Waals surface area contributed by atoms with Gasteiger partial charge in [-0.05, 0) is 0 Å². The Hall–Kier alpha value is -1.29. The third-order valence-corrected chi connectivity index (χ3v) is 2.87. The molecule has 7 heteroatoms. The van der Waals surface area contributed by atoms with E-state index in [0.717, 1.165) is 0 Å². The second-order valence-corrected chi connectivity index (χ2v) is 3.69. The summed E-state index contributed by atoms with van der Waals surface area (Å²) in [6.45, 7) is 0.543. The number of alkyl halides is 3. The number of hydrogen-bond acceptors (Lipinski definition) is 4. The van der Waals surface area contributed by atoms with Crippen LogP contribution >= 0.6 is 0 Å². The molecule has 0 radical (unpaired) electrons. The van der Waals surface area contributed by atoms with Crippen molar-refractivity contribution < 1.29 is 22.7 Å². The van der Waals surface area contributed by atoms with Crippen molar-refractivity contribution in [1.82, 2.24) is 5.32 Å². The van der Waals surface area contributed by atoms with Gasteiger partial charge in [0.25, 0.3) is 0 Å². The molecule has 1 saturated heterocycles. The Bertz CT molecular complexity index is 349. The number of piperidine rings is 1. The number of rotatable bonds is 1. The molecule has 2 aliphatic rings. The zero-order valence-corrected chi connectivity index (χ0v) is 7.47. The second-order valence-electron chi connectivity index (χ2n) is 3.69. The van der Waals surface area contributed by atoms with Crippen LogP contribution in [0.4, 0.5) is 13.2 Å². The average Bonchev–Trinajstić information content (AvgIpc) is 2.50. The summed E-state index contributed by atoms with van der Waals surface area (Å²) in [5.41, 5.74) is -1.23. The molecule has 0 aromatic heterocycles. The van der Waals surface area contributed by atoms with Crippen LogP contribution in [0.15, 0.2) is 0 Å². The molecule has 15 heavy (non-hydrogen) atoms. The fraction of sp³-hybridized carbons (Fsp3) is 0.750. The van der Waals surface area contributed by atoms with Crippen LogP contribution in [0.5, 0.6) is 0 Å². The van der Waals surface area contributed by atoms with Gasteiger partial charge in [-0.1, -0.05) is 0 Å². The standard InChI is InChI=1S/C8H7F3N2O2/c9-8(10,11)6(14)15-7-3-13-2-5(7)4(7)1-12/h4-5,13H,2-3H2. The smallest absolute Gasteiger partial charge is 0.449 e. The summed E-state index contributed by atoms with van der Waals surface area (Å²) in [6.07, 6.45) is -5.00. The number of nitrogens with zero attached hydrogens (tertiary/aromatic N) is 1. The number of carbonyl (C=O) groups is 1. The maximum Gasteiger partial charge on any atom is 0.490 e. The number of nitriles is 1. The number of hydrogen-bond donors (Lipinski definition) is 1. The minimum Gasteiger partial charge on any atom is -0.449 e. The third kappa shape index (κ3) is 1.36. The Balaban J connectivity index is 2.07. The summed E-state index contributed by atoms with van der Waals surface area (Å²) >= 11 is 0. The van der Waals surface area contributed by atoms with E-state index in [4.69, 9.17) is 5.26 Å². The maximum atomic E-state index is 11.9. The lowest BCUT2D eigenvalue weighted by atomic mass is 10.2. The summed E-state index contributed by atoms with van der Waals surface area (Å²) in [6, 6.07) is 1.85. The van der Waals surface area contributed by atoms with Gasteiger partial charge in [0.05, 0.1) is 12.0 Å². The van der Waals surface area contributed by atoms with Crippen molar-refractivity contribution in [3.8, 4) is 6.07 Å².